The van der Waals surface area contributed by atoms with Gasteiger partial charge < -0.3 is 4.90 Å². The number of hydrogen-bond acceptors (Lipinski definition) is 3. The molecule has 0 saturated heterocycles. The van der Waals surface area contributed by atoms with Crippen molar-refractivity contribution in [2.75, 3.05) is 17.7 Å². The van der Waals surface area contributed by atoms with E-state index in [-0.39, 0.29) is 0 Å². The zero-order valence-electron chi connectivity index (χ0n) is 9.33. The monoisotopic (exact) mass is 296 g/mol. The van der Waals surface area contributed by atoms with E-state index in [9.17, 15) is 0 Å². The third kappa shape index (κ3) is 2.07. The van der Waals surface area contributed by atoms with Crippen molar-refractivity contribution in [2.45, 2.75) is 24.3 Å². The van der Waals surface area contributed by atoms with Gasteiger partial charge in [0.2, 0.25) is 0 Å². The lowest BCUT2D eigenvalue weighted by atomic mass is 10.1. The molecule has 0 fully saturated rings. The maximum atomic E-state index is 8.80. The molecule has 0 saturated carbocycles. The van der Waals surface area contributed by atoms with Crippen LogP contribution in [0.4, 0.5) is 5.69 Å². The van der Waals surface area contributed by atoms with Crippen LogP contribution in [0.15, 0.2) is 21.5 Å². The van der Waals surface area contributed by atoms with Crippen LogP contribution in [0.25, 0.3) is 0 Å². The first-order valence-corrected chi connectivity index (χ1v) is 6.94. The Morgan fingerprint density at radius 2 is 2.38 bits per heavy atom. The molecule has 0 N–H and O–H groups in total. The van der Waals surface area contributed by atoms with Gasteiger partial charge in [-0.3, -0.25) is 0 Å². The Morgan fingerprint density at radius 3 is 3.06 bits per heavy atom. The van der Waals surface area contributed by atoms with Crippen LogP contribution >= 0.6 is 27.7 Å². The van der Waals surface area contributed by atoms with Crippen LogP contribution in [0.2, 0.25) is 0 Å². The summed E-state index contributed by atoms with van der Waals surface area (Å²) in [6.07, 6.45) is 0.587. The molecular formula is C12H13BrN2S. The molecule has 1 aliphatic heterocycles. The van der Waals surface area contributed by atoms with Gasteiger partial charge >= 0.3 is 0 Å². The molecule has 2 rings (SSSR count). The SMILES string of the molecule is Cc1cc(Br)c2c(c1)SCC(CC#N)N2C. The second-order valence-electron chi connectivity index (χ2n) is 4.03. The fraction of sp³-hybridized carbons (Fsp3) is 0.417. The highest BCUT2D eigenvalue weighted by atomic mass is 79.9. The predicted octanol–water partition coefficient (Wildman–Crippen LogP) is 3.58. The Labute approximate surface area is 109 Å². The Hall–Kier alpha value is -0.660. The molecule has 16 heavy (non-hydrogen) atoms. The van der Waals surface area contributed by atoms with Crippen LogP contribution in [-0.4, -0.2) is 18.8 Å². The number of benzene rings is 1. The first kappa shape index (κ1) is 11.8. The lowest BCUT2D eigenvalue weighted by Gasteiger charge is -2.35. The molecule has 1 atom stereocenters. The smallest absolute Gasteiger partial charge is 0.0649 e. The summed E-state index contributed by atoms with van der Waals surface area (Å²) in [4.78, 5) is 3.53. The van der Waals surface area contributed by atoms with Crippen molar-refractivity contribution < 1.29 is 0 Å². The van der Waals surface area contributed by atoms with E-state index in [4.69, 9.17) is 5.26 Å². The number of fused-ring (bicyclic) bond motifs is 1. The molecule has 2 nitrogen and oxygen atoms in total. The Morgan fingerprint density at radius 1 is 1.62 bits per heavy atom. The van der Waals surface area contributed by atoms with Gasteiger partial charge in [0.15, 0.2) is 0 Å². The molecule has 1 aromatic carbocycles. The highest BCUT2D eigenvalue weighted by Gasteiger charge is 2.25. The van der Waals surface area contributed by atoms with Crippen molar-refractivity contribution in [3.05, 3.63) is 22.2 Å². The Balaban J connectivity index is 2.41. The number of aryl methyl sites for hydroxylation is 1. The highest BCUT2D eigenvalue weighted by molar-refractivity contribution is 9.10. The standard InChI is InChI=1S/C12H13BrN2S/c1-8-5-10(13)12-11(6-8)16-7-9(3-4-14)15(12)2/h5-6,9H,3,7H2,1-2H3. The van der Waals surface area contributed by atoms with Crippen LogP contribution < -0.4 is 4.90 Å². The summed E-state index contributed by atoms with van der Waals surface area (Å²) in [5, 5.41) is 8.80. The van der Waals surface area contributed by atoms with Crippen molar-refractivity contribution in [1.82, 2.24) is 0 Å². The van der Waals surface area contributed by atoms with Crippen molar-refractivity contribution in [1.29, 1.82) is 5.26 Å². The predicted molar refractivity (Wildman–Crippen MR) is 72.0 cm³/mol. The largest absolute Gasteiger partial charge is 0.368 e. The summed E-state index contributed by atoms with van der Waals surface area (Å²) in [6, 6.07) is 6.92. The Bertz CT molecular complexity index is 453. The van der Waals surface area contributed by atoms with Gasteiger partial charge in [-0.2, -0.15) is 5.26 Å². The van der Waals surface area contributed by atoms with E-state index < -0.39 is 0 Å². The lowest BCUT2D eigenvalue weighted by molar-refractivity contribution is 0.696. The molecular weight excluding hydrogens is 284 g/mol. The minimum atomic E-state index is 0.321. The van der Waals surface area contributed by atoms with Gasteiger partial charge in [-0.05, 0) is 40.5 Å². The maximum absolute atomic E-state index is 8.80. The number of hydrogen-bond donors (Lipinski definition) is 0. The van der Waals surface area contributed by atoms with Crippen molar-refractivity contribution >= 4 is 33.4 Å². The normalized spacial score (nSPS) is 19.1. The van der Waals surface area contributed by atoms with E-state index in [1.165, 1.54) is 16.1 Å². The molecule has 0 radical (unpaired) electrons. The molecule has 1 aliphatic rings. The number of nitrogens with zero attached hydrogens (tertiary/aromatic N) is 2. The van der Waals surface area contributed by atoms with E-state index in [0.717, 1.165) is 10.2 Å². The summed E-state index contributed by atoms with van der Waals surface area (Å²) in [5.74, 6) is 0.993. The molecule has 84 valence electrons. The molecule has 1 heterocycles. The summed E-state index contributed by atoms with van der Waals surface area (Å²) >= 11 is 5.46. The van der Waals surface area contributed by atoms with Gasteiger partial charge in [-0.1, -0.05) is 0 Å². The number of anilines is 1. The first-order valence-electron chi connectivity index (χ1n) is 5.16. The average Bonchev–Trinajstić information content (AvgIpc) is 2.21. The molecule has 0 bridgehead atoms. The van der Waals surface area contributed by atoms with Gasteiger partial charge in [0.1, 0.15) is 0 Å². The molecule has 0 aromatic heterocycles. The van der Waals surface area contributed by atoms with Gasteiger partial charge in [-0.25, -0.2) is 0 Å². The highest BCUT2D eigenvalue weighted by Crippen LogP contribution is 2.42. The first-order chi connectivity index (χ1) is 7.63. The number of thioether (sulfide) groups is 1. The van der Waals surface area contributed by atoms with Crippen LogP contribution in [-0.2, 0) is 0 Å². The van der Waals surface area contributed by atoms with E-state index in [2.05, 4.69) is 53.0 Å². The molecule has 1 unspecified atom stereocenters. The van der Waals surface area contributed by atoms with Crippen LogP contribution in [0, 0.1) is 18.3 Å². The second-order valence-corrected chi connectivity index (χ2v) is 5.95. The lowest BCUT2D eigenvalue weighted by Crippen LogP contribution is -2.36. The van der Waals surface area contributed by atoms with Gasteiger partial charge in [0.05, 0.1) is 24.2 Å². The Kier molecular flexibility index (Phi) is 3.46. The summed E-state index contributed by atoms with van der Waals surface area (Å²) in [6.45, 7) is 2.10. The van der Waals surface area contributed by atoms with Crippen molar-refractivity contribution in [3.63, 3.8) is 0 Å². The summed E-state index contributed by atoms with van der Waals surface area (Å²) in [5.41, 5.74) is 2.49. The number of rotatable bonds is 1. The van der Waals surface area contributed by atoms with E-state index in [0.29, 0.717) is 12.5 Å². The van der Waals surface area contributed by atoms with E-state index in [1.807, 2.05) is 11.8 Å². The third-order valence-electron chi connectivity index (χ3n) is 2.83. The van der Waals surface area contributed by atoms with Crippen molar-refractivity contribution in [2.24, 2.45) is 0 Å². The number of nitriles is 1. The average molecular weight is 297 g/mol. The van der Waals surface area contributed by atoms with E-state index >= 15 is 0 Å². The topological polar surface area (TPSA) is 27.0 Å². The molecule has 1 aromatic rings. The molecule has 0 spiro atoms. The molecule has 0 aliphatic carbocycles. The second kappa shape index (κ2) is 4.68. The van der Waals surface area contributed by atoms with Crippen LogP contribution in [0.1, 0.15) is 12.0 Å². The van der Waals surface area contributed by atoms with Gasteiger partial charge in [-0.15, -0.1) is 11.8 Å². The minimum absolute atomic E-state index is 0.321. The summed E-state index contributed by atoms with van der Waals surface area (Å²) in [7, 11) is 2.07. The zero-order chi connectivity index (χ0) is 11.7. The van der Waals surface area contributed by atoms with Crippen molar-refractivity contribution in [3.8, 4) is 6.07 Å². The maximum Gasteiger partial charge on any atom is 0.0649 e. The fourth-order valence-corrected chi connectivity index (χ4v) is 4.30. The van der Waals surface area contributed by atoms with Crippen LogP contribution in [0.3, 0.4) is 0 Å². The molecule has 0 amide bonds. The third-order valence-corrected chi connectivity index (χ3v) is 4.61. The van der Waals surface area contributed by atoms with Gasteiger partial charge in [0, 0.05) is 22.2 Å². The van der Waals surface area contributed by atoms with E-state index in [1.54, 1.807) is 0 Å². The number of halogens is 1. The summed E-state index contributed by atoms with van der Waals surface area (Å²) < 4.78 is 1.13. The minimum Gasteiger partial charge on any atom is -0.368 e. The quantitative estimate of drug-likeness (QED) is 0.792. The van der Waals surface area contributed by atoms with Crippen LogP contribution in [0.5, 0.6) is 0 Å². The fourth-order valence-electron chi connectivity index (χ4n) is 1.94. The molecule has 4 heteroatoms. The van der Waals surface area contributed by atoms with Gasteiger partial charge in [0.25, 0.3) is 0 Å². The zero-order valence-corrected chi connectivity index (χ0v) is 11.7.